The van der Waals surface area contributed by atoms with Crippen molar-refractivity contribution in [2.75, 3.05) is 5.73 Å². The summed E-state index contributed by atoms with van der Waals surface area (Å²) in [5.41, 5.74) is 7.42. The van der Waals surface area contributed by atoms with E-state index < -0.39 is 0 Å². The van der Waals surface area contributed by atoms with Crippen LogP contribution in [-0.2, 0) is 0 Å². The van der Waals surface area contributed by atoms with E-state index in [1.165, 1.54) is 0 Å². The van der Waals surface area contributed by atoms with Gasteiger partial charge in [-0.3, -0.25) is 5.10 Å². The van der Waals surface area contributed by atoms with E-state index in [1.54, 1.807) is 0 Å². The first-order chi connectivity index (χ1) is 7.58. The largest absolute Gasteiger partial charge is 0.398 e. The number of aromatic nitrogens is 3. The number of aromatic amines is 1. The Morgan fingerprint density at radius 3 is 2.69 bits per heavy atom. The molecule has 0 aliphatic rings. The molecule has 0 atom stereocenters. The molecule has 84 valence electrons. The second kappa shape index (κ2) is 4.25. The van der Waals surface area contributed by atoms with Gasteiger partial charge in [-0.25, -0.2) is 4.98 Å². The third-order valence-corrected chi connectivity index (χ3v) is 3.03. The van der Waals surface area contributed by atoms with Gasteiger partial charge in [-0.2, -0.15) is 5.10 Å². The van der Waals surface area contributed by atoms with Crippen LogP contribution in [0.5, 0.6) is 0 Å². The summed E-state index contributed by atoms with van der Waals surface area (Å²) in [7, 11) is 0. The predicted octanol–water partition coefficient (Wildman–Crippen LogP) is 2.94. The maximum Gasteiger partial charge on any atom is 0.181 e. The lowest BCUT2D eigenvalue weighted by molar-refractivity contribution is 0.781. The van der Waals surface area contributed by atoms with Gasteiger partial charge < -0.3 is 5.73 Å². The molecule has 2 rings (SSSR count). The molecule has 16 heavy (non-hydrogen) atoms. The summed E-state index contributed by atoms with van der Waals surface area (Å²) in [5, 5.41) is 7.10. The average Bonchev–Trinajstić information content (AvgIpc) is 2.71. The molecule has 0 aliphatic heterocycles. The van der Waals surface area contributed by atoms with Gasteiger partial charge in [0.25, 0.3) is 0 Å². The highest BCUT2D eigenvalue weighted by molar-refractivity contribution is 9.10. The first-order valence-electron chi connectivity index (χ1n) is 5.05. The van der Waals surface area contributed by atoms with Crippen molar-refractivity contribution in [3.63, 3.8) is 0 Å². The van der Waals surface area contributed by atoms with Gasteiger partial charge in [0.1, 0.15) is 5.82 Å². The molecular formula is C11H13BrN4. The number of nitrogens with two attached hydrogens (primary N) is 1. The Morgan fingerprint density at radius 2 is 2.12 bits per heavy atom. The standard InChI is InChI=1S/C11H13BrN4/c1-6(2)10-14-11(16-15-10)7-3-4-8(12)9(13)5-7/h3-6H,13H2,1-2H3,(H,14,15,16). The van der Waals surface area contributed by atoms with E-state index in [0.29, 0.717) is 17.4 Å². The molecule has 0 saturated heterocycles. The van der Waals surface area contributed by atoms with Crippen LogP contribution in [-0.4, -0.2) is 15.2 Å². The minimum Gasteiger partial charge on any atom is -0.398 e. The molecule has 0 aliphatic carbocycles. The molecule has 3 N–H and O–H groups in total. The second-order valence-electron chi connectivity index (χ2n) is 3.94. The van der Waals surface area contributed by atoms with Crippen molar-refractivity contribution in [2.24, 2.45) is 0 Å². The summed E-state index contributed by atoms with van der Waals surface area (Å²) in [6, 6.07) is 5.70. The van der Waals surface area contributed by atoms with Crippen molar-refractivity contribution in [1.82, 2.24) is 15.2 Å². The van der Waals surface area contributed by atoms with E-state index in [0.717, 1.165) is 15.9 Å². The van der Waals surface area contributed by atoms with Crippen LogP contribution in [0.2, 0.25) is 0 Å². The molecule has 0 unspecified atom stereocenters. The summed E-state index contributed by atoms with van der Waals surface area (Å²) < 4.78 is 0.885. The topological polar surface area (TPSA) is 67.6 Å². The number of H-pyrrole nitrogens is 1. The summed E-state index contributed by atoms with van der Waals surface area (Å²) in [6.45, 7) is 4.14. The molecule has 2 aromatic rings. The molecule has 1 aromatic carbocycles. The van der Waals surface area contributed by atoms with Crippen molar-refractivity contribution in [2.45, 2.75) is 19.8 Å². The van der Waals surface area contributed by atoms with Crippen molar-refractivity contribution in [3.05, 3.63) is 28.5 Å². The van der Waals surface area contributed by atoms with Crippen LogP contribution in [0.4, 0.5) is 5.69 Å². The Hall–Kier alpha value is -1.36. The fraction of sp³-hybridized carbons (Fsp3) is 0.273. The fourth-order valence-electron chi connectivity index (χ4n) is 1.34. The van der Waals surface area contributed by atoms with E-state index in [-0.39, 0.29) is 0 Å². The second-order valence-corrected chi connectivity index (χ2v) is 4.79. The van der Waals surface area contributed by atoms with Crippen molar-refractivity contribution < 1.29 is 0 Å². The molecule has 0 spiro atoms. The van der Waals surface area contributed by atoms with Crippen LogP contribution < -0.4 is 5.73 Å². The fourth-order valence-corrected chi connectivity index (χ4v) is 1.59. The Balaban J connectivity index is 2.39. The van der Waals surface area contributed by atoms with E-state index in [9.17, 15) is 0 Å². The number of nitrogen functional groups attached to an aromatic ring is 1. The lowest BCUT2D eigenvalue weighted by Gasteiger charge is -2.00. The molecular weight excluding hydrogens is 268 g/mol. The Bertz CT molecular complexity index is 504. The Labute approximate surface area is 102 Å². The summed E-state index contributed by atoms with van der Waals surface area (Å²) >= 11 is 3.36. The van der Waals surface area contributed by atoms with Crippen LogP contribution in [0.3, 0.4) is 0 Å². The lowest BCUT2D eigenvalue weighted by atomic mass is 10.2. The normalized spacial score (nSPS) is 11.0. The molecule has 0 bridgehead atoms. The first kappa shape index (κ1) is 11.1. The zero-order valence-electron chi connectivity index (χ0n) is 9.16. The molecule has 0 saturated carbocycles. The summed E-state index contributed by atoms with van der Waals surface area (Å²) in [5.74, 6) is 1.91. The van der Waals surface area contributed by atoms with E-state index in [1.807, 2.05) is 18.2 Å². The summed E-state index contributed by atoms with van der Waals surface area (Å²) in [6.07, 6.45) is 0. The molecule has 1 heterocycles. The average molecular weight is 281 g/mol. The first-order valence-corrected chi connectivity index (χ1v) is 5.85. The van der Waals surface area contributed by atoms with Crippen molar-refractivity contribution in [1.29, 1.82) is 0 Å². The van der Waals surface area contributed by atoms with E-state index in [4.69, 9.17) is 5.73 Å². The molecule has 1 aromatic heterocycles. The van der Waals surface area contributed by atoms with Crippen molar-refractivity contribution in [3.8, 4) is 11.4 Å². The Morgan fingerprint density at radius 1 is 1.38 bits per heavy atom. The molecule has 0 radical (unpaired) electrons. The third kappa shape index (κ3) is 2.09. The van der Waals surface area contributed by atoms with E-state index >= 15 is 0 Å². The van der Waals surface area contributed by atoms with Crippen LogP contribution in [0, 0.1) is 0 Å². The van der Waals surface area contributed by atoms with Gasteiger partial charge >= 0.3 is 0 Å². The molecule has 5 heteroatoms. The van der Waals surface area contributed by atoms with Gasteiger partial charge in [-0.1, -0.05) is 13.8 Å². The van der Waals surface area contributed by atoms with Crippen LogP contribution in [0.15, 0.2) is 22.7 Å². The van der Waals surface area contributed by atoms with Crippen LogP contribution in [0.25, 0.3) is 11.4 Å². The summed E-state index contributed by atoms with van der Waals surface area (Å²) in [4.78, 5) is 4.41. The quantitative estimate of drug-likeness (QED) is 0.831. The van der Waals surface area contributed by atoms with Gasteiger partial charge in [0.15, 0.2) is 5.82 Å². The maximum atomic E-state index is 5.81. The van der Waals surface area contributed by atoms with Crippen molar-refractivity contribution >= 4 is 21.6 Å². The zero-order chi connectivity index (χ0) is 11.7. The Kier molecular flexibility index (Phi) is 2.96. The number of nitrogens with one attached hydrogen (secondary N) is 1. The van der Waals surface area contributed by atoms with E-state index in [2.05, 4.69) is 45.0 Å². The van der Waals surface area contributed by atoms with Gasteiger partial charge in [-0.05, 0) is 34.1 Å². The number of benzene rings is 1. The third-order valence-electron chi connectivity index (χ3n) is 2.30. The number of nitrogens with zero attached hydrogens (tertiary/aromatic N) is 2. The maximum absolute atomic E-state index is 5.81. The predicted molar refractivity (Wildman–Crippen MR) is 68.0 cm³/mol. The van der Waals surface area contributed by atoms with Gasteiger partial charge in [0.05, 0.1) is 0 Å². The molecule has 0 amide bonds. The highest BCUT2D eigenvalue weighted by Gasteiger charge is 2.09. The minimum atomic E-state index is 0.342. The monoisotopic (exact) mass is 280 g/mol. The SMILES string of the molecule is CC(C)c1nc(-c2ccc(Br)c(N)c2)n[nH]1. The number of halogens is 1. The molecule has 4 nitrogen and oxygen atoms in total. The number of hydrogen-bond donors (Lipinski definition) is 2. The van der Waals surface area contributed by atoms with Gasteiger partial charge in [0.2, 0.25) is 0 Å². The smallest absolute Gasteiger partial charge is 0.181 e. The molecule has 0 fully saturated rings. The highest BCUT2D eigenvalue weighted by Crippen LogP contribution is 2.25. The van der Waals surface area contributed by atoms with Gasteiger partial charge in [0, 0.05) is 21.6 Å². The van der Waals surface area contributed by atoms with Crippen LogP contribution in [0.1, 0.15) is 25.6 Å². The minimum absolute atomic E-state index is 0.342. The van der Waals surface area contributed by atoms with Crippen LogP contribution >= 0.6 is 15.9 Å². The van der Waals surface area contributed by atoms with Gasteiger partial charge in [-0.15, -0.1) is 0 Å². The number of anilines is 1. The number of rotatable bonds is 2. The highest BCUT2D eigenvalue weighted by atomic mass is 79.9. The zero-order valence-corrected chi connectivity index (χ0v) is 10.7. The lowest BCUT2D eigenvalue weighted by Crippen LogP contribution is -1.90. The number of hydrogen-bond acceptors (Lipinski definition) is 3.